The van der Waals surface area contributed by atoms with Crippen molar-refractivity contribution in [1.29, 1.82) is 0 Å². The lowest BCUT2D eigenvalue weighted by atomic mass is 9.96. The molecule has 1 fully saturated rings. The number of carbonyl (C=O) groups excluding carboxylic acids is 1. The summed E-state index contributed by atoms with van der Waals surface area (Å²) < 4.78 is 0. The van der Waals surface area contributed by atoms with Gasteiger partial charge in [0.2, 0.25) is 5.91 Å². The van der Waals surface area contributed by atoms with E-state index in [1.807, 2.05) is 11.0 Å². The molecule has 1 unspecified atom stereocenters. The molecule has 2 rings (SSSR count). The van der Waals surface area contributed by atoms with Crippen LogP contribution in [-0.2, 0) is 4.79 Å². The average Bonchev–Trinajstić information content (AvgIpc) is 2.98. The van der Waals surface area contributed by atoms with Crippen LogP contribution in [0.15, 0.2) is 30.3 Å². The lowest BCUT2D eigenvalue weighted by Crippen LogP contribution is -2.33. The molecule has 0 aromatic heterocycles. The molecule has 0 radical (unpaired) electrons. The van der Waals surface area contributed by atoms with Crippen LogP contribution in [0.2, 0.25) is 0 Å². The molecule has 1 aliphatic heterocycles. The van der Waals surface area contributed by atoms with Crippen molar-refractivity contribution < 1.29 is 4.79 Å². The second-order valence-corrected chi connectivity index (χ2v) is 5.92. The van der Waals surface area contributed by atoms with Gasteiger partial charge in [0.25, 0.3) is 0 Å². The van der Waals surface area contributed by atoms with Gasteiger partial charge in [-0.25, -0.2) is 0 Å². The van der Waals surface area contributed by atoms with Crippen LogP contribution in [0, 0.1) is 5.92 Å². The predicted octanol–water partition coefficient (Wildman–Crippen LogP) is 2.99. The quantitative estimate of drug-likeness (QED) is 0.865. The van der Waals surface area contributed by atoms with Gasteiger partial charge < -0.3 is 10.2 Å². The molecule has 0 saturated carbocycles. The first kappa shape index (κ1) is 15.0. The normalized spacial score (nSPS) is 16.6. The Morgan fingerprint density at radius 1 is 1.20 bits per heavy atom. The third-order valence-electron chi connectivity index (χ3n) is 3.99. The lowest BCUT2D eigenvalue weighted by molar-refractivity contribution is -0.130. The van der Waals surface area contributed by atoms with Crippen molar-refractivity contribution in [3.05, 3.63) is 35.9 Å². The number of benzene rings is 1. The van der Waals surface area contributed by atoms with Crippen LogP contribution in [0.4, 0.5) is 0 Å². The molecule has 1 aromatic rings. The predicted molar refractivity (Wildman–Crippen MR) is 82.5 cm³/mol. The van der Waals surface area contributed by atoms with E-state index in [2.05, 4.69) is 43.4 Å². The summed E-state index contributed by atoms with van der Waals surface area (Å²) in [6.45, 7) is 7.09. The van der Waals surface area contributed by atoms with Crippen molar-refractivity contribution in [1.82, 2.24) is 10.2 Å². The summed E-state index contributed by atoms with van der Waals surface area (Å²) in [5, 5.41) is 3.54. The highest BCUT2D eigenvalue weighted by Crippen LogP contribution is 2.21. The zero-order valence-electron chi connectivity index (χ0n) is 12.6. The molecule has 0 spiro atoms. The van der Waals surface area contributed by atoms with Crippen LogP contribution < -0.4 is 5.32 Å². The largest absolute Gasteiger partial charge is 0.343 e. The highest BCUT2D eigenvalue weighted by atomic mass is 16.2. The molecule has 1 N–H and O–H groups in total. The van der Waals surface area contributed by atoms with E-state index in [4.69, 9.17) is 0 Å². The summed E-state index contributed by atoms with van der Waals surface area (Å²) in [6.07, 6.45) is 2.94. The van der Waals surface area contributed by atoms with Gasteiger partial charge in [0.15, 0.2) is 0 Å². The van der Waals surface area contributed by atoms with Crippen molar-refractivity contribution in [2.24, 2.45) is 5.92 Å². The smallest absolute Gasteiger partial charge is 0.223 e. The Bertz CT molecular complexity index is 410. The third kappa shape index (κ3) is 4.07. The van der Waals surface area contributed by atoms with E-state index >= 15 is 0 Å². The topological polar surface area (TPSA) is 32.3 Å². The SMILES string of the molecule is CC(C)C(NCCC(=O)N1CCCC1)c1ccccc1. The Hall–Kier alpha value is -1.35. The summed E-state index contributed by atoms with van der Waals surface area (Å²) in [5.41, 5.74) is 1.30. The maximum absolute atomic E-state index is 12.0. The Labute approximate surface area is 122 Å². The monoisotopic (exact) mass is 274 g/mol. The van der Waals surface area contributed by atoms with Gasteiger partial charge in [-0.15, -0.1) is 0 Å². The Morgan fingerprint density at radius 3 is 2.45 bits per heavy atom. The van der Waals surface area contributed by atoms with Crippen molar-refractivity contribution in [2.45, 2.75) is 39.2 Å². The van der Waals surface area contributed by atoms with Gasteiger partial charge in [-0.1, -0.05) is 44.2 Å². The molecule has 0 bridgehead atoms. The van der Waals surface area contributed by atoms with Crippen molar-refractivity contribution in [3.8, 4) is 0 Å². The minimum Gasteiger partial charge on any atom is -0.343 e. The van der Waals surface area contributed by atoms with Gasteiger partial charge in [-0.05, 0) is 24.3 Å². The van der Waals surface area contributed by atoms with Gasteiger partial charge in [-0.2, -0.15) is 0 Å². The summed E-state index contributed by atoms with van der Waals surface area (Å²) in [6, 6.07) is 10.8. The number of nitrogens with one attached hydrogen (secondary N) is 1. The first-order valence-electron chi connectivity index (χ1n) is 7.74. The van der Waals surface area contributed by atoms with E-state index in [9.17, 15) is 4.79 Å². The summed E-state index contributed by atoms with van der Waals surface area (Å²) in [4.78, 5) is 14.0. The number of likely N-dealkylation sites (tertiary alicyclic amines) is 1. The van der Waals surface area contributed by atoms with E-state index in [1.165, 1.54) is 5.56 Å². The van der Waals surface area contributed by atoms with Crippen LogP contribution in [0.3, 0.4) is 0 Å². The molecule has 110 valence electrons. The van der Waals surface area contributed by atoms with E-state index < -0.39 is 0 Å². The number of nitrogens with zero attached hydrogens (tertiary/aromatic N) is 1. The highest BCUT2D eigenvalue weighted by molar-refractivity contribution is 5.76. The molecule has 3 nitrogen and oxygen atoms in total. The molecule has 1 aliphatic rings. The molecule has 1 atom stereocenters. The molecule has 1 saturated heterocycles. The van der Waals surface area contributed by atoms with E-state index in [0.29, 0.717) is 24.3 Å². The molecular weight excluding hydrogens is 248 g/mol. The van der Waals surface area contributed by atoms with E-state index in [0.717, 1.165) is 32.5 Å². The average molecular weight is 274 g/mol. The standard InChI is InChI=1S/C17H26N2O/c1-14(2)17(15-8-4-3-5-9-15)18-11-10-16(20)19-12-6-7-13-19/h3-5,8-9,14,17-18H,6-7,10-13H2,1-2H3. The minimum absolute atomic E-state index is 0.297. The number of amides is 1. The first-order chi connectivity index (χ1) is 9.68. The van der Waals surface area contributed by atoms with Crippen LogP contribution in [0.25, 0.3) is 0 Å². The summed E-state index contributed by atoms with van der Waals surface area (Å²) in [7, 11) is 0. The Balaban J connectivity index is 1.82. The van der Waals surface area contributed by atoms with Gasteiger partial charge in [0, 0.05) is 32.1 Å². The molecule has 0 aliphatic carbocycles. The van der Waals surface area contributed by atoms with Crippen molar-refractivity contribution in [3.63, 3.8) is 0 Å². The second kappa shape index (κ2) is 7.44. The zero-order chi connectivity index (χ0) is 14.4. The van der Waals surface area contributed by atoms with Gasteiger partial charge >= 0.3 is 0 Å². The van der Waals surface area contributed by atoms with Gasteiger partial charge in [-0.3, -0.25) is 4.79 Å². The third-order valence-corrected chi connectivity index (χ3v) is 3.99. The lowest BCUT2D eigenvalue weighted by Gasteiger charge is -2.23. The Morgan fingerprint density at radius 2 is 1.85 bits per heavy atom. The summed E-state index contributed by atoms with van der Waals surface area (Å²) >= 11 is 0. The maximum atomic E-state index is 12.0. The maximum Gasteiger partial charge on any atom is 0.223 e. The number of rotatable bonds is 6. The fourth-order valence-electron chi connectivity index (χ4n) is 2.86. The molecule has 1 amide bonds. The van der Waals surface area contributed by atoms with Crippen LogP contribution >= 0.6 is 0 Å². The van der Waals surface area contributed by atoms with Gasteiger partial charge in [0.1, 0.15) is 0 Å². The highest BCUT2D eigenvalue weighted by Gasteiger charge is 2.19. The molecule has 1 heterocycles. The number of hydrogen-bond donors (Lipinski definition) is 1. The number of hydrogen-bond acceptors (Lipinski definition) is 2. The number of carbonyl (C=O) groups is 1. The van der Waals surface area contributed by atoms with Crippen LogP contribution in [0.5, 0.6) is 0 Å². The summed E-state index contributed by atoms with van der Waals surface area (Å²) in [5.74, 6) is 0.810. The zero-order valence-corrected chi connectivity index (χ0v) is 12.6. The van der Waals surface area contributed by atoms with Crippen LogP contribution in [-0.4, -0.2) is 30.4 Å². The fourth-order valence-corrected chi connectivity index (χ4v) is 2.86. The van der Waals surface area contributed by atoms with Crippen molar-refractivity contribution >= 4 is 5.91 Å². The van der Waals surface area contributed by atoms with Gasteiger partial charge in [0.05, 0.1) is 0 Å². The van der Waals surface area contributed by atoms with E-state index in [1.54, 1.807) is 0 Å². The second-order valence-electron chi connectivity index (χ2n) is 5.92. The van der Waals surface area contributed by atoms with E-state index in [-0.39, 0.29) is 0 Å². The minimum atomic E-state index is 0.297. The van der Waals surface area contributed by atoms with Crippen molar-refractivity contribution in [2.75, 3.05) is 19.6 Å². The first-order valence-corrected chi connectivity index (χ1v) is 7.74. The molecule has 1 aromatic carbocycles. The molecular formula is C17H26N2O. The molecule has 3 heteroatoms. The Kier molecular flexibility index (Phi) is 5.60. The fraction of sp³-hybridized carbons (Fsp3) is 0.588. The molecule has 20 heavy (non-hydrogen) atoms. The van der Waals surface area contributed by atoms with Crippen LogP contribution in [0.1, 0.15) is 44.7 Å².